The highest BCUT2D eigenvalue weighted by Gasteiger charge is 2.15. The maximum atomic E-state index is 11.5. The maximum absolute atomic E-state index is 11.5. The Morgan fingerprint density at radius 1 is 1.25 bits per heavy atom. The Kier molecular flexibility index (Phi) is 5.55. The Labute approximate surface area is 119 Å². The molecule has 1 aromatic rings. The lowest BCUT2D eigenvalue weighted by molar-refractivity contribution is 0.0528. The molecule has 0 saturated heterocycles. The van der Waals surface area contributed by atoms with Crippen LogP contribution in [0.5, 0.6) is 0 Å². The quantitative estimate of drug-likeness (QED) is 0.886. The van der Waals surface area contributed by atoms with E-state index in [1.807, 2.05) is 39.0 Å². The van der Waals surface area contributed by atoms with Gasteiger partial charge in [-0.05, 0) is 44.9 Å². The third-order valence-electron chi connectivity index (χ3n) is 2.50. The summed E-state index contributed by atoms with van der Waals surface area (Å²) in [6.45, 7) is 5.92. The molecule has 2 N–H and O–H groups in total. The minimum atomic E-state index is -0.497. The van der Waals surface area contributed by atoms with Crippen molar-refractivity contribution in [2.24, 2.45) is 0 Å². The topological polar surface area (TPSA) is 67.4 Å². The van der Waals surface area contributed by atoms with Crippen LogP contribution in [0.2, 0.25) is 0 Å². The van der Waals surface area contributed by atoms with E-state index in [9.17, 15) is 9.59 Å². The summed E-state index contributed by atoms with van der Waals surface area (Å²) in [5, 5.41) is 5.27. The first-order valence-electron chi connectivity index (χ1n) is 6.59. The van der Waals surface area contributed by atoms with Gasteiger partial charge in [0, 0.05) is 19.2 Å². The molecule has 20 heavy (non-hydrogen) atoms. The normalized spacial score (nSPS) is 10.8. The summed E-state index contributed by atoms with van der Waals surface area (Å²) in [5.41, 5.74) is 1.10. The van der Waals surface area contributed by atoms with Crippen molar-refractivity contribution in [2.45, 2.75) is 32.8 Å². The molecule has 0 heterocycles. The van der Waals surface area contributed by atoms with Crippen LogP contribution in [0.1, 0.15) is 36.7 Å². The van der Waals surface area contributed by atoms with E-state index in [4.69, 9.17) is 4.74 Å². The second kappa shape index (κ2) is 6.93. The average molecular weight is 278 g/mol. The van der Waals surface area contributed by atoms with Gasteiger partial charge in [-0.25, -0.2) is 4.79 Å². The molecule has 0 atom stereocenters. The predicted octanol–water partition coefficient (Wildman–Crippen LogP) is 2.11. The molecule has 110 valence electrons. The number of hydrogen-bond acceptors (Lipinski definition) is 3. The summed E-state index contributed by atoms with van der Waals surface area (Å²) < 4.78 is 5.14. The molecule has 0 aliphatic heterocycles. The van der Waals surface area contributed by atoms with Crippen molar-refractivity contribution >= 4 is 12.0 Å². The van der Waals surface area contributed by atoms with Crippen LogP contribution >= 0.6 is 0 Å². The molecular weight excluding hydrogens is 256 g/mol. The van der Waals surface area contributed by atoms with E-state index in [2.05, 4.69) is 10.6 Å². The van der Waals surface area contributed by atoms with Gasteiger partial charge in [0.2, 0.25) is 0 Å². The van der Waals surface area contributed by atoms with Crippen molar-refractivity contribution < 1.29 is 14.3 Å². The van der Waals surface area contributed by atoms with Crippen molar-refractivity contribution in [1.29, 1.82) is 0 Å². The fourth-order valence-corrected chi connectivity index (χ4v) is 1.64. The summed E-state index contributed by atoms with van der Waals surface area (Å²) in [5.74, 6) is -0.119. The van der Waals surface area contributed by atoms with E-state index in [-0.39, 0.29) is 5.91 Å². The molecule has 5 nitrogen and oxygen atoms in total. The van der Waals surface area contributed by atoms with Gasteiger partial charge in [0.05, 0.1) is 0 Å². The lowest BCUT2D eigenvalue weighted by Gasteiger charge is -2.19. The van der Waals surface area contributed by atoms with Crippen LogP contribution in [0, 0.1) is 0 Å². The smallest absolute Gasteiger partial charge is 0.407 e. The van der Waals surface area contributed by atoms with Gasteiger partial charge in [0.15, 0.2) is 0 Å². The number of carbonyl (C=O) groups is 2. The third-order valence-corrected chi connectivity index (χ3v) is 2.50. The van der Waals surface area contributed by atoms with Gasteiger partial charge in [0.1, 0.15) is 5.60 Å². The largest absolute Gasteiger partial charge is 0.444 e. The molecule has 0 unspecified atom stereocenters. The second-order valence-electron chi connectivity index (χ2n) is 5.46. The number of nitrogens with one attached hydrogen (secondary N) is 2. The molecule has 5 heteroatoms. The molecule has 0 aliphatic rings. The molecule has 1 aromatic carbocycles. The fourth-order valence-electron chi connectivity index (χ4n) is 1.64. The minimum Gasteiger partial charge on any atom is -0.444 e. The van der Waals surface area contributed by atoms with Gasteiger partial charge in [-0.1, -0.05) is 12.1 Å². The highest BCUT2D eigenvalue weighted by Crippen LogP contribution is 2.07. The molecule has 0 aromatic heterocycles. The van der Waals surface area contributed by atoms with E-state index < -0.39 is 11.7 Å². The molecule has 0 aliphatic carbocycles. The first kappa shape index (κ1) is 16.0. The van der Waals surface area contributed by atoms with Crippen molar-refractivity contribution in [3.8, 4) is 0 Å². The van der Waals surface area contributed by atoms with Gasteiger partial charge in [-0.3, -0.25) is 4.79 Å². The van der Waals surface area contributed by atoms with E-state index >= 15 is 0 Å². The summed E-state index contributed by atoms with van der Waals surface area (Å²) in [4.78, 5) is 23.0. The third kappa shape index (κ3) is 5.73. The van der Waals surface area contributed by atoms with Crippen molar-refractivity contribution in [3.05, 3.63) is 35.4 Å². The number of rotatable bonds is 4. The van der Waals surface area contributed by atoms with Gasteiger partial charge in [-0.2, -0.15) is 0 Å². The van der Waals surface area contributed by atoms with Gasteiger partial charge >= 0.3 is 6.09 Å². The lowest BCUT2D eigenvalue weighted by atomic mass is 10.1. The molecule has 0 saturated carbocycles. The number of carbonyl (C=O) groups excluding carboxylic acids is 2. The van der Waals surface area contributed by atoms with Crippen molar-refractivity contribution in [2.75, 3.05) is 13.6 Å². The number of benzene rings is 1. The van der Waals surface area contributed by atoms with Crippen LogP contribution in [0.3, 0.4) is 0 Å². The Hall–Kier alpha value is -2.04. The maximum Gasteiger partial charge on any atom is 0.407 e. The minimum absolute atomic E-state index is 0.119. The Morgan fingerprint density at radius 2 is 1.95 bits per heavy atom. The van der Waals surface area contributed by atoms with Crippen LogP contribution in [-0.4, -0.2) is 31.2 Å². The predicted molar refractivity (Wildman–Crippen MR) is 77.8 cm³/mol. The highest BCUT2D eigenvalue weighted by molar-refractivity contribution is 5.94. The molecule has 2 amide bonds. The monoisotopic (exact) mass is 278 g/mol. The number of amides is 2. The molecule has 0 bridgehead atoms. The van der Waals surface area contributed by atoms with Crippen LogP contribution < -0.4 is 10.6 Å². The summed E-state index contributed by atoms with van der Waals surface area (Å²) in [7, 11) is 1.60. The zero-order valence-corrected chi connectivity index (χ0v) is 12.4. The van der Waals surface area contributed by atoms with E-state index in [1.54, 1.807) is 13.1 Å². The van der Waals surface area contributed by atoms with Crippen LogP contribution in [0.25, 0.3) is 0 Å². The Balaban J connectivity index is 2.46. The standard InChI is InChI=1S/C15H22N2O3/c1-15(2,3)20-14(19)17-9-8-11-6-5-7-12(10-11)13(18)16-4/h5-7,10H,8-9H2,1-4H3,(H,16,18)(H,17,19). The number of hydrogen-bond donors (Lipinski definition) is 2. The number of alkyl carbamates (subject to hydrolysis) is 1. The summed E-state index contributed by atoms with van der Waals surface area (Å²) >= 11 is 0. The van der Waals surface area contributed by atoms with Crippen molar-refractivity contribution in [1.82, 2.24) is 10.6 Å². The fraction of sp³-hybridized carbons (Fsp3) is 0.467. The summed E-state index contributed by atoms with van der Waals surface area (Å²) in [6.07, 6.45) is 0.212. The van der Waals surface area contributed by atoms with Crippen LogP contribution in [0.4, 0.5) is 4.79 Å². The molecule has 0 radical (unpaired) electrons. The highest BCUT2D eigenvalue weighted by atomic mass is 16.6. The van der Waals surface area contributed by atoms with E-state index in [1.165, 1.54) is 0 Å². The molecule has 0 fully saturated rings. The Morgan fingerprint density at radius 3 is 2.55 bits per heavy atom. The summed E-state index contributed by atoms with van der Waals surface area (Å²) in [6, 6.07) is 7.32. The van der Waals surface area contributed by atoms with Crippen LogP contribution in [-0.2, 0) is 11.2 Å². The first-order chi connectivity index (χ1) is 9.31. The van der Waals surface area contributed by atoms with Crippen LogP contribution in [0.15, 0.2) is 24.3 Å². The van der Waals surface area contributed by atoms with Crippen molar-refractivity contribution in [3.63, 3.8) is 0 Å². The number of ether oxygens (including phenoxy) is 1. The average Bonchev–Trinajstić information content (AvgIpc) is 2.36. The van der Waals surface area contributed by atoms with Gasteiger partial charge < -0.3 is 15.4 Å². The Bertz CT molecular complexity index is 478. The molecular formula is C15H22N2O3. The van der Waals surface area contributed by atoms with Gasteiger partial charge in [0.25, 0.3) is 5.91 Å². The van der Waals surface area contributed by atoms with E-state index in [0.29, 0.717) is 18.5 Å². The zero-order valence-electron chi connectivity index (χ0n) is 12.4. The lowest BCUT2D eigenvalue weighted by Crippen LogP contribution is -2.33. The molecule has 1 rings (SSSR count). The second-order valence-corrected chi connectivity index (χ2v) is 5.46. The first-order valence-corrected chi connectivity index (χ1v) is 6.59. The molecule has 0 spiro atoms. The SMILES string of the molecule is CNC(=O)c1cccc(CCNC(=O)OC(C)(C)C)c1. The van der Waals surface area contributed by atoms with E-state index in [0.717, 1.165) is 5.56 Å². The van der Waals surface area contributed by atoms with Gasteiger partial charge in [-0.15, -0.1) is 0 Å². The zero-order chi connectivity index (χ0) is 15.2.